The molecular weight excluding hydrogens is 414 g/mol. The third kappa shape index (κ3) is 4.67. The molecule has 0 aliphatic carbocycles. The van der Waals surface area contributed by atoms with E-state index in [9.17, 15) is 9.59 Å². The van der Waals surface area contributed by atoms with Crippen molar-refractivity contribution in [2.75, 3.05) is 43.4 Å². The highest BCUT2D eigenvalue weighted by atomic mass is 32.2. The summed E-state index contributed by atoms with van der Waals surface area (Å²) in [6.45, 7) is 7.24. The molecule has 4 rings (SSSR count). The standard InChI is InChI=1S/C23H29N3O2S2/c1-17(2)18-5-7-19(8-6-18)26-12-11-25(23(26)28)16-22(27)24-10-9-21(30-15-13-24)20-4-3-14-29-20/h3-8,14,17,21H,9-13,15-16H2,1-2H3. The zero-order valence-corrected chi connectivity index (χ0v) is 19.3. The van der Waals surface area contributed by atoms with Crippen molar-refractivity contribution in [1.29, 1.82) is 0 Å². The third-order valence-electron chi connectivity index (χ3n) is 5.85. The number of urea groups is 1. The SMILES string of the molecule is CC(C)c1ccc(N2CCN(CC(=O)N3CCSC(c4cccs4)CC3)C2=O)cc1. The van der Waals surface area contributed by atoms with Crippen molar-refractivity contribution >= 4 is 40.7 Å². The van der Waals surface area contributed by atoms with Crippen LogP contribution in [0.5, 0.6) is 0 Å². The van der Waals surface area contributed by atoms with Gasteiger partial charge in [0.1, 0.15) is 6.54 Å². The number of carbonyl (C=O) groups is 2. The maximum Gasteiger partial charge on any atom is 0.325 e. The number of carbonyl (C=O) groups excluding carboxylic acids is 2. The summed E-state index contributed by atoms with van der Waals surface area (Å²) >= 11 is 3.73. The van der Waals surface area contributed by atoms with E-state index in [-0.39, 0.29) is 18.5 Å². The number of anilines is 1. The lowest BCUT2D eigenvalue weighted by molar-refractivity contribution is -0.131. The second-order valence-corrected chi connectivity index (χ2v) is 10.4. The molecule has 2 aliphatic heterocycles. The average molecular weight is 444 g/mol. The van der Waals surface area contributed by atoms with Gasteiger partial charge in [-0.05, 0) is 41.5 Å². The molecule has 3 heterocycles. The van der Waals surface area contributed by atoms with Gasteiger partial charge in [0.2, 0.25) is 5.91 Å². The molecule has 0 radical (unpaired) electrons. The molecule has 160 valence electrons. The van der Waals surface area contributed by atoms with Crippen LogP contribution in [0, 0.1) is 0 Å². The Morgan fingerprint density at radius 1 is 1.10 bits per heavy atom. The minimum Gasteiger partial charge on any atom is -0.340 e. The van der Waals surface area contributed by atoms with E-state index >= 15 is 0 Å². The van der Waals surface area contributed by atoms with Gasteiger partial charge in [-0.1, -0.05) is 32.0 Å². The van der Waals surface area contributed by atoms with Gasteiger partial charge in [0.05, 0.1) is 0 Å². The number of amides is 3. The van der Waals surface area contributed by atoms with Gasteiger partial charge in [-0.25, -0.2) is 4.79 Å². The Morgan fingerprint density at radius 3 is 2.60 bits per heavy atom. The molecule has 2 aromatic rings. The van der Waals surface area contributed by atoms with Gasteiger partial charge in [0, 0.05) is 47.7 Å². The molecule has 0 saturated carbocycles. The molecule has 1 atom stereocenters. The Labute approximate surface area is 187 Å². The van der Waals surface area contributed by atoms with Crippen molar-refractivity contribution in [2.24, 2.45) is 0 Å². The molecule has 1 unspecified atom stereocenters. The van der Waals surface area contributed by atoms with Crippen molar-refractivity contribution in [2.45, 2.75) is 31.4 Å². The second kappa shape index (κ2) is 9.43. The molecule has 3 amide bonds. The molecule has 2 saturated heterocycles. The Kier molecular flexibility index (Phi) is 6.68. The van der Waals surface area contributed by atoms with Gasteiger partial charge in [0.15, 0.2) is 0 Å². The molecule has 0 bridgehead atoms. The zero-order chi connectivity index (χ0) is 21.1. The fourth-order valence-corrected chi connectivity index (χ4v) is 6.23. The first-order chi connectivity index (χ1) is 14.5. The van der Waals surface area contributed by atoms with Crippen LogP contribution in [0.15, 0.2) is 41.8 Å². The van der Waals surface area contributed by atoms with E-state index in [0.29, 0.717) is 24.3 Å². The van der Waals surface area contributed by atoms with Crippen LogP contribution in [0.2, 0.25) is 0 Å². The van der Waals surface area contributed by atoms with Crippen LogP contribution in [0.25, 0.3) is 0 Å². The van der Waals surface area contributed by atoms with Crippen LogP contribution in [0.1, 0.15) is 41.9 Å². The summed E-state index contributed by atoms with van der Waals surface area (Å²) in [7, 11) is 0. The van der Waals surface area contributed by atoms with Crippen molar-refractivity contribution in [3.05, 3.63) is 52.2 Å². The molecule has 0 N–H and O–H groups in total. The maximum atomic E-state index is 12.9. The number of benzene rings is 1. The molecule has 2 aliphatic rings. The van der Waals surface area contributed by atoms with E-state index in [2.05, 4.69) is 43.5 Å². The second-order valence-electron chi connectivity index (χ2n) is 8.15. The lowest BCUT2D eigenvalue weighted by atomic mass is 10.0. The highest BCUT2D eigenvalue weighted by molar-refractivity contribution is 7.99. The molecule has 1 aromatic heterocycles. The quantitative estimate of drug-likeness (QED) is 0.665. The van der Waals surface area contributed by atoms with E-state index in [0.717, 1.165) is 31.0 Å². The number of hydrogen-bond donors (Lipinski definition) is 0. The highest BCUT2D eigenvalue weighted by Crippen LogP contribution is 2.36. The largest absolute Gasteiger partial charge is 0.340 e. The number of thiophene rings is 1. The first-order valence-electron chi connectivity index (χ1n) is 10.6. The van der Waals surface area contributed by atoms with Crippen molar-refractivity contribution < 1.29 is 9.59 Å². The van der Waals surface area contributed by atoms with Crippen molar-refractivity contribution in [1.82, 2.24) is 9.80 Å². The van der Waals surface area contributed by atoms with E-state index in [4.69, 9.17) is 0 Å². The smallest absolute Gasteiger partial charge is 0.325 e. The summed E-state index contributed by atoms with van der Waals surface area (Å²) in [6, 6.07) is 12.4. The van der Waals surface area contributed by atoms with E-state index in [1.807, 2.05) is 28.8 Å². The summed E-state index contributed by atoms with van der Waals surface area (Å²) in [5, 5.41) is 2.59. The van der Waals surface area contributed by atoms with Crippen molar-refractivity contribution in [3.63, 3.8) is 0 Å². The molecule has 7 heteroatoms. The van der Waals surface area contributed by atoms with Gasteiger partial charge in [-0.15, -0.1) is 11.3 Å². The van der Waals surface area contributed by atoms with Crippen LogP contribution < -0.4 is 4.90 Å². The fourth-order valence-electron chi connectivity index (χ4n) is 3.99. The summed E-state index contributed by atoms with van der Waals surface area (Å²) in [5.74, 6) is 1.47. The summed E-state index contributed by atoms with van der Waals surface area (Å²) in [5.41, 5.74) is 2.17. The van der Waals surface area contributed by atoms with E-state index < -0.39 is 0 Å². The van der Waals surface area contributed by atoms with Crippen LogP contribution >= 0.6 is 23.1 Å². The maximum absolute atomic E-state index is 12.9. The van der Waals surface area contributed by atoms with Gasteiger partial charge < -0.3 is 9.80 Å². The van der Waals surface area contributed by atoms with Gasteiger partial charge in [0.25, 0.3) is 0 Å². The summed E-state index contributed by atoms with van der Waals surface area (Å²) in [4.78, 5) is 32.6. The van der Waals surface area contributed by atoms with E-state index in [1.54, 1.807) is 21.1 Å². The lowest BCUT2D eigenvalue weighted by Gasteiger charge is -2.24. The monoisotopic (exact) mass is 443 g/mol. The lowest BCUT2D eigenvalue weighted by Crippen LogP contribution is -2.43. The van der Waals surface area contributed by atoms with Crippen molar-refractivity contribution in [3.8, 4) is 0 Å². The third-order valence-corrected chi connectivity index (χ3v) is 8.29. The fraction of sp³-hybridized carbons (Fsp3) is 0.478. The molecular formula is C23H29N3O2S2. The predicted molar refractivity (Wildman–Crippen MR) is 126 cm³/mol. The zero-order valence-electron chi connectivity index (χ0n) is 17.6. The van der Waals surface area contributed by atoms with Gasteiger partial charge >= 0.3 is 6.03 Å². The molecule has 0 spiro atoms. The van der Waals surface area contributed by atoms with Crippen LogP contribution in [-0.4, -0.2) is 60.2 Å². The Bertz CT molecular complexity index is 867. The van der Waals surface area contributed by atoms with Gasteiger partial charge in [-0.2, -0.15) is 11.8 Å². The van der Waals surface area contributed by atoms with Crippen LogP contribution in [0.3, 0.4) is 0 Å². The highest BCUT2D eigenvalue weighted by Gasteiger charge is 2.32. The number of rotatable bonds is 5. The first kappa shape index (κ1) is 21.2. The molecule has 2 fully saturated rings. The van der Waals surface area contributed by atoms with Crippen LogP contribution in [-0.2, 0) is 4.79 Å². The Balaban J connectivity index is 1.33. The number of thioether (sulfide) groups is 1. The minimum atomic E-state index is -0.0682. The summed E-state index contributed by atoms with van der Waals surface area (Å²) in [6.07, 6.45) is 0.971. The average Bonchev–Trinajstić information content (AvgIpc) is 3.32. The minimum absolute atomic E-state index is 0.0628. The molecule has 30 heavy (non-hydrogen) atoms. The Morgan fingerprint density at radius 2 is 1.90 bits per heavy atom. The topological polar surface area (TPSA) is 43.9 Å². The van der Waals surface area contributed by atoms with Gasteiger partial charge in [-0.3, -0.25) is 9.69 Å². The first-order valence-corrected chi connectivity index (χ1v) is 12.5. The summed E-state index contributed by atoms with van der Waals surface area (Å²) < 4.78 is 0. The van der Waals surface area contributed by atoms with E-state index in [1.165, 1.54) is 10.4 Å². The molecule has 1 aromatic carbocycles. The Hall–Kier alpha value is -1.99. The van der Waals surface area contributed by atoms with Crippen LogP contribution in [0.4, 0.5) is 10.5 Å². The normalized spacial score (nSPS) is 20.2. The molecule has 5 nitrogen and oxygen atoms in total. The predicted octanol–water partition coefficient (Wildman–Crippen LogP) is 4.82. The number of nitrogens with zero attached hydrogens (tertiary/aromatic N) is 3. The number of hydrogen-bond acceptors (Lipinski definition) is 4.